The first-order valence-corrected chi connectivity index (χ1v) is 4.68. The number of para-hydroxylation sites is 1. The molecule has 0 amide bonds. The van der Waals surface area contributed by atoms with Crippen LogP contribution in [0.3, 0.4) is 0 Å². The quantitative estimate of drug-likeness (QED) is 0.533. The Bertz CT molecular complexity index is 860. The molecule has 0 aliphatic heterocycles. The van der Waals surface area contributed by atoms with Gasteiger partial charge in [-0.1, -0.05) is 6.07 Å². The highest BCUT2D eigenvalue weighted by Crippen LogP contribution is 2.12. The summed E-state index contributed by atoms with van der Waals surface area (Å²) >= 11 is 0. The number of aromatic amines is 1. The Morgan fingerprint density at radius 3 is 2.69 bits per heavy atom. The Morgan fingerprint density at radius 2 is 1.88 bits per heavy atom. The molecule has 0 unspecified atom stereocenters. The Balaban J connectivity index is 2.92. The standard InChI is InChI=1S/C11H6N2O3/c14-8-4-5-13-9-6(10(8)15)2-1-3-7(9)12-11(13)16/h1-5H,(H,12,16). The molecular weight excluding hydrogens is 208 g/mol. The van der Waals surface area contributed by atoms with Crippen molar-refractivity contribution in [3.05, 3.63) is 61.4 Å². The van der Waals surface area contributed by atoms with Crippen LogP contribution in [0, 0.1) is 0 Å². The van der Waals surface area contributed by atoms with E-state index in [2.05, 4.69) is 4.98 Å². The van der Waals surface area contributed by atoms with Crippen molar-refractivity contribution in [2.24, 2.45) is 0 Å². The molecule has 0 bridgehead atoms. The summed E-state index contributed by atoms with van der Waals surface area (Å²) in [7, 11) is 0. The molecule has 0 radical (unpaired) electrons. The summed E-state index contributed by atoms with van der Waals surface area (Å²) in [4.78, 5) is 37.2. The van der Waals surface area contributed by atoms with E-state index in [0.717, 1.165) is 6.07 Å². The zero-order chi connectivity index (χ0) is 11.3. The Hall–Kier alpha value is -2.43. The third-order valence-electron chi connectivity index (χ3n) is 2.58. The summed E-state index contributed by atoms with van der Waals surface area (Å²) in [6.07, 6.45) is 1.32. The van der Waals surface area contributed by atoms with E-state index >= 15 is 0 Å². The number of hydrogen-bond acceptors (Lipinski definition) is 3. The van der Waals surface area contributed by atoms with E-state index in [1.165, 1.54) is 10.6 Å². The van der Waals surface area contributed by atoms with Crippen molar-refractivity contribution in [3.8, 4) is 0 Å². The smallest absolute Gasteiger partial charge is 0.305 e. The maximum absolute atomic E-state index is 11.7. The minimum absolute atomic E-state index is 0.255. The van der Waals surface area contributed by atoms with Crippen LogP contribution in [-0.4, -0.2) is 9.38 Å². The second kappa shape index (κ2) is 2.79. The van der Waals surface area contributed by atoms with Crippen LogP contribution in [-0.2, 0) is 0 Å². The van der Waals surface area contributed by atoms with Gasteiger partial charge in [0.25, 0.3) is 0 Å². The Morgan fingerprint density at radius 1 is 1.06 bits per heavy atom. The molecule has 5 heteroatoms. The summed E-state index contributed by atoms with van der Waals surface area (Å²) in [5.41, 5.74) is -0.557. The van der Waals surface area contributed by atoms with E-state index in [1.807, 2.05) is 0 Å². The lowest BCUT2D eigenvalue weighted by Gasteiger charge is -1.90. The highest BCUT2D eigenvalue weighted by molar-refractivity contribution is 5.92. The highest BCUT2D eigenvalue weighted by atomic mass is 16.2. The molecule has 0 aliphatic carbocycles. The fourth-order valence-corrected chi connectivity index (χ4v) is 1.86. The Labute approximate surface area is 87.9 Å². The number of H-pyrrole nitrogens is 1. The fraction of sp³-hybridized carbons (Fsp3) is 0. The lowest BCUT2D eigenvalue weighted by atomic mass is 10.2. The van der Waals surface area contributed by atoms with Crippen LogP contribution in [0.15, 0.2) is 44.8 Å². The second-order valence-electron chi connectivity index (χ2n) is 3.51. The van der Waals surface area contributed by atoms with Gasteiger partial charge in [-0.3, -0.25) is 14.0 Å². The van der Waals surface area contributed by atoms with Gasteiger partial charge in [0.05, 0.1) is 16.4 Å². The number of imidazole rings is 1. The summed E-state index contributed by atoms with van der Waals surface area (Å²) in [6.45, 7) is 0. The van der Waals surface area contributed by atoms with Gasteiger partial charge in [0.15, 0.2) is 0 Å². The molecule has 0 saturated carbocycles. The van der Waals surface area contributed by atoms with Crippen molar-refractivity contribution >= 4 is 16.4 Å². The zero-order valence-electron chi connectivity index (χ0n) is 8.06. The summed E-state index contributed by atoms with van der Waals surface area (Å²) < 4.78 is 1.27. The minimum atomic E-state index is -0.615. The van der Waals surface area contributed by atoms with Gasteiger partial charge in [-0.25, -0.2) is 4.79 Å². The molecular formula is C11H6N2O3. The Kier molecular flexibility index (Phi) is 1.54. The topological polar surface area (TPSA) is 71.4 Å². The van der Waals surface area contributed by atoms with E-state index in [4.69, 9.17) is 0 Å². The molecule has 1 aromatic carbocycles. The summed E-state index contributed by atoms with van der Waals surface area (Å²) in [5, 5.41) is 0.255. The highest BCUT2D eigenvalue weighted by Gasteiger charge is 2.08. The average Bonchev–Trinajstić information content (AvgIpc) is 2.53. The minimum Gasteiger partial charge on any atom is -0.305 e. The fourth-order valence-electron chi connectivity index (χ4n) is 1.86. The normalized spacial score (nSPS) is 11.2. The molecule has 0 aliphatic rings. The molecule has 3 aromatic rings. The van der Waals surface area contributed by atoms with Crippen LogP contribution in [0.4, 0.5) is 0 Å². The van der Waals surface area contributed by atoms with Crippen LogP contribution in [0.5, 0.6) is 0 Å². The number of hydrogen-bond donors (Lipinski definition) is 1. The van der Waals surface area contributed by atoms with Crippen LogP contribution < -0.4 is 16.5 Å². The monoisotopic (exact) mass is 214 g/mol. The van der Waals surface area contributed by atoms with E-state index < -0.39 is 10.9 Å². The number of nitrogens with zero attached hydrogens (tertiary/aromatic N) is 1. The van der Waals surface area contributed by atoms with Gasteiger partial charge in [0.1, 0.15) is 0 Å². The van der Waals surface area contributed by atoms with Crippen LogP contribution in [0.2, 0.25) is 0 Å². The van der Waals surface area contributed by atoms with E-state index in [-0.39, 0.29) is 11.1 Å². The van der Waals surface area contributed by atoms with Gasteiger partial charge >= 0.3 is 5.69 Å². The van der Waals surface area contributed by atoms with Crippen molar-refractivity contribution in [1.29, 1.82) is 0 Å². The molecule has 1 N–H and O–H groups in total. The van der Waals surface area contributed by atoms with Gasteiger partial charge in [0.2, 0.25) is 10.9 Å². The molecule has 0 fully saturated rings. The van der Waals surface area contributed by atoms with Crippen molar-refractivity contribution in [1.82, 2.24) is 9.38 Å². The zero-order valence-corrected chi connectivity index (χ0v) is 8.06. The summed E-state index contributed by atoms with van der Waals surface area (Å²) in [5.74, 6) is 0. The summed E-state index contributed by atoms with van der Waals surface area (Å²) in [6, 6.07) is 5.97. The maximum Gasteiger partial charge on any atom is 0.330 e. The van der Waals surface area contributed by atoms with Gasteiger partial charge in [-0.05, 0) is 12.1 Å². The van der Waals surface area contributed by atoms with Gasteiger partial charge in [0, 0.05) is 12.3 Å². The van der Waals surface area contributed by atoms with E-state index in [1.54, 1.807) is 18.2 Å². The lowest BCUT2D eigenvalue weighted by molar-refractivity contribution is 1.08. The number of nitrogens with one attached hydrogen (secondary N) is 1. The largest absolute Gasteiger partial charge is 0.330 e. The number of aromatic nitrogens is 2. The first-order chi connectivity index (χ1) is 7.68. The molecule has 2 heterocycles. The molecule has 2 aromatic heterocycles. The van der Waals surface area contributed by atoms with Crippen molar-refractivity contribution < 1.29 is 0 Å². The van der Waals surface area contributed by atoms with Crippen molar-refractivity contribution in [2.45, 2.75) is 0 Å². The van der Waals surface area contributed by atoms with Crippen LogP contribution in [0.25, 0.3) is 16.4 Å². The number of rotatable bonds is 0. The maximum atomic E-state index is 11.7. The molecule has 78 valence electrons. The SMILES string of the molecule is O=c1ccn2c(=O)[nH]c3cccc(c1=O)c32. The molecule has 0 atom stereocenters. The van der Waals surface area contributed by atoms with Crippen LogP contribution in [0.1, 0.15) is 0 Å². The molecule has 0 saturated heterocycles. The van der Waals surface area contributed by atoms with Gasteiger partial charge in [-0.2, -0.15) is 0 Å². The molecule has 5 nitrogen and oxygen atoms in total. The predicted molar refractivity (Wildman–Crippen MR) is 59.2 cm³/mol. The molecule has 3 rings (SSSR count). The number of benzene rings is 1. The predicted octanol–water partition coefficient (Wildman–Crippen LogP) is -0.0610. The third-order valence-corrected chi connectivity index (χ3v) is 2.58. The third kappa shape index (κ3) is 0.967. The van der Waals surface area contributed by atoms with Crippen LogP contribution >= 0.6 is 0 Å². The molecule has 0 spiro atoms. The van der Waals surface area contributed by atoms with Gasteiger partial charge < -0.3 is 4.98 Å². The van der Waals surface area contributed by atoms with Crippen molar-refractivity contribution in [2.75, 3.05) is 0 Å². The first kappa shape index (κ1) is 8.84. The van der Waals surface area contributed by atoms with E-state index in [0.29, 0.717) is 11.0 Å². The molecule has 16 heavy (non-hydrogen) atoms. The second-order valence-corrected chi connectivity index (χ2v) is 3.51. The lowest BCUT2D eigenvalue weighted by Crippen LogP contribution is -2.19. The average molecular weight is 214 g/mol. The van der Waals surface area contributed by atoms with Gasteiger partial charge in [-0.15, -0.1) is 0 Å². The van der Waals surface area contributed by atoms with E-state index in [9.17, 15) is 14.4 Å². The first-order valence-electron chi connectivity index (χ1n) is 4.68. The van der Waals surface area contributed by atoms with Crippen molar-refractivity contribution in [3.63, 3.8) is 0 Å².